The van der Waals surface area contributed by atoms with Crippen molar-refractivity contribution in [1.29, 1.82) is 5.26 Å². The summed E-state index contributed by atoms with van der Waals surface area (Å²) in [5.41, 5.74) is 2.10. The fraction of sp³-hybridized carbons (Fsp3) is 0.583. The van der Waals surface area contributed by atoms with Crippen molar-refractivity contribution in [2.24, 2.45) is 0 Å². The van der Waals surface area contributed by atoms with E-state index < -0.39 is 0 Å². The van der Waals surface area contributed by atoms with Gasteiger partial charge in [0.15, 0.2) is 0 Å². The molecular weight excluding hydrogens is 172 g/mol. The first-order valence-corrected chi connectivity index (χ1v) is 4.98. The number of rotatable bonds is 1. The minimum atomic E-state index is 0.117. The molecule has 2 nitrogen and oxygen atoms in total. The predicted molar refractivity (Wildman–Crippen MR) is 58.2 cm³/mol. The minimum Gasteiger partial charge on any atom is -0.337 e. The summed E-state index contributed by atoms with van der Waals surface area (Å²) in [4.78, 5) is 0. The van der Waals surface area contributed by atoms with Gasteiger partial charge >= 0.3 is 0 Å². The number of aromatic nitrogens is 1. The van der Waals surface area contributed by atoms with E-state index in [0.717, 1.165) is 5.69 Å². The normalized spacial score (nSPS) is 11.8. The molecule has 14 heavy (non-hydrogen) atoms. The van der Waals surface area contributed by atoms with E-state index in [-0.39, 0.29) is 5.41 Å². The van der Waals surface area contributed by atoms with Crippen molar-refractivity contribution in [3.05, 3.63) is 23.5 Å². The molecule has 0 unspecified atom stereocenters. The second-order valence-electron chi connectivity index (χ2n) is 4.98. The van der Waals surface area contributed by atoms with E-state index in [0.29, 0.717) is 6.04 Å². The maximum Gasteiger partial charge on any atom is 0.120 e. The van der Waals surface area contributed by atoms with Crippen molar-refractivity contribution in [2.45, 2.75) is 46.1 Å². The Labute approximate surface area is 86.2 Å². The summed E-state index contributed by atoms with van der Waals surface area (Å²) >= 11 is 0. The van der Waals surface area contributed by atoms with Crippen LogP contribution in [-0.2, 0) is 5.41 Å². The summed E-state index contributed by atoms with van der Waals surface area (Å²) in [5, 5.41) is 8.98. The molecular formula is C12H18N2. The highest BCUT2D eigenvalue weighted by Crippen LogP contribution is 2.25. The highest BCUT2D eigenvalue weighted by Gasteiger charge is 2.18. The van der Waals surface area contributed by atoms with E-state index in [1.807, 2.05) is 10.6 Å². The van der Waals surface area contributed by atoms with Crippen molar-refractivity contribution < 1.29 is 0 Å². The highest BCUT2D eigenvalue weighted by atomic mass is 15.0. The van der Waals surface area contributed by atoms with Gasteiger partial charge in [-0.2, -0.15) is 5.26 Å². The van der Waals surface area contributed by atoms with Gasteiger partial charge in [0, 0.05) is 12.2 Å². The van der Waals surface area contributed by atoms with Gasteiger partial charge in [-0.25, -0.2) is 0 Å². The standard InChI is InChI=1S/C12H18N2/c1-9(2)14-8-10(12(3,4)5)6-11(14)7-13/h6,8-9H,1-5H3. The topological polar surface area (TPSA) is 28.7 Å². The lowest BCUT2D eigenvalue weighted by Gasteiger charge is -2.16. The molecule has 1 aromatic rings. The Morgan fingerprint density at radius 3 is 2.21 bits per heavy atom. The lowest BCUT2D eigenvalue weighted by Crippen LogP contribution is -2.09. The molecule has 0 radical (unpaired) electrons. The maximum absolute atomic E-state index is 8.98. The van der Waals surface area contributed by atoms with Crippen molar-refractivity contribution in [3.8, 4) is 6.07 Å². The van der Waals surface area contributed by atoms with Crippen LogP contribution in [0.3, 0.4) is 0 Å². The number of nitriles is 1. The summed E-state index contributed by atoms with van der Waals surface area (Å²) in [5.74, 6) is 0. The Morgan fingerprint density at radius 2 is 1.93 bits per heavy atom. The molecule has 0 aliphatic carbocycles. The number of hydrogen-bond donors (Lipinski definition) is 0. The van der Waals surface area contributed by atoms with E-state index in [1.165, 1.54) is 5.56 Å². The fourth-order valence-corrected chi connectivity index (χ4v) is 1.41. The molecule has 0 atom stereocenters. The van der Waals surface area contributed by atoms with Gasteiger partial charge in [0.2, 0.25) is 0 Å². The summed E-state index contributed by atoms with van der Waals surface area (Å²) in [6.07, 6.45) is 2.09. The molecule has 76 valence electrons. The lowest BCUT2D eigenvalue weighted by molar-refractivity contribution is 0.569. The molecule has 0 aliphatic heterocycles. The Kier molecular flexibility index (Phi) is 2.71. The summed E-state index contributed by atoms with van der Waals surface area (Å²) in [6, 6.07) is 4.57. The zero-order valence-electron chi connectivity index (χ0n) is 9.63. The van der Waals surface area contributed by atoms with E-state index >= 15 is 0 Å². The zero-order valence-corrected chi connectivity index (χ0v) is 9.63. The molecule has 0 aromatic carbocycles. The van der Waals surface area contributed by atoms with Gasteiger partial charge in [0.25, 0.3) is 0 Å². The number of nitrogens with zero attached hydrogens (tertiary/aromatic N) is 2. The maximum atomic E-state index is 8.98. The first-order valence-electron chi connectivity index (χ1n) is 4.98. The summed E-state index contributed by atoms with van der Waals surface area (Å²) < 4.78 is 2.03. The van der Waals surface area contributed by atoms with Crippen LogP contribution < -0.4 is 0 Å². The molecule has 0 N–H and O–H groups in total. The lowest BCUT2D eigenvalue weighted by atomic mass is 9.89. The first-order chi connectivity index (χ1) is 6.36. The molecule has 0 fully saturated rings. The molecule has 1 heterocycles. The van der Waals surface area contributed by atoms with Crippen molar-refractivity contribution >= 4 is 0 Å². The molecule has 1 aromatic heterocycles. The first kappa shape index (κ1) is 10.8. The van der Waals surface area contributed by atoms with Crippen LogP contribution in [0.1, 0.15) is 51.9 Å². The van der Waals surface area contributed by atoms with Gasteiger partial charge < -0.3 is 4.57 Å². The average Bonchev–Trinajstić information content (AvgIpc) is 2.45. The summed E-state index contributed by atoms with van der Waals surface area (Å²) in [7, 11) is 0. The Morgan fingerprint density at radius 1 is 1.36 bits per heavy atom. The molecule has 0 aliphatic rings. The van der Waals surface area contributed by atoms with Crippen LogP contribution in [0.25, 0.3) is 0 Å². The molecule has 0 spiro atoms. The average molecular weight is 190 g/mol. The molecule has 0 bridgehead atoms. The monoisotopic (exact) mass is 190 g/mol. The van der Waals surface area contributed by atoms with Crippen LogP contribution in [0, 0.1) is 11.3 Å². The van der Waals surface area contributed by atoms with Gasteiger partial charge in [0.1, 0.15) is 11.8 Å². The van der Waals surface area contributed by atoms with E-state index in [4.69, 9.17) is 5.26 Å². The predicted octanol–water partition coefficient (Wildman–Crippen LogP) is 3.24. The molecule has 1 rings (SSSR count). The van der Waals surface area contributed by atoms with Crippen LogP contribution in [0.4, 0.5) is 0 Å². The molecule has 2 heteroatoms. The number of hydrogen-bond acceptors (Lipinski definition) is 1. The zero-order chi connectivity index (χ0) is 10.9. The SMILES string of the molecule is CC(C)n1cc(C(C)(C)C)cc1C#N. The van der Waals surface area contributed by atoms with Crippen LogP contribution in [0.15, 0.2) is 12.3 Å². The van der Waals surface area contributed by atoms with Crippen LogP contribution in [0.2, 0.25) is 0 Å². The van der Waals surface area contributed by atoms with Crippen molar-refractivity contribution in [1.82, 2.24) is 4.57 Å². The van der Waals surface area contributed by atoms with Crippen LogP contribution in [0.5, 0.6) is 0 Å². The molecule has 0 saturated carbocycles. The van der Waals surface area contributed by atoms with E-state index in [9.17, 15) is 0 Å². The smallest absolute Gasteiger partial charge is 0.120 e. The van der Waals surface area contributed by atoms with Crippen molar-refractivity contribution in [3.63, 3.8) is 0 Å². The molecule has 0 saturated heterocycles. The Hall–Kier alpha value is -1.23. The largest absolute Gasteiger partial charge is 0.337 e. The Bertz CT molecular complexity index is 359. The van der Waals surface area contributed by atoms with Gasteiger partial charge in [-0.3, -0.25) is 0 Å². The van der Waals surface area contributed by atoms with Crippen LogP contribution in [-0.4, -0.2) is 4.57 Å². The van der Waals surface area contributed by atoms with E-state index in [2.05, 4.69) is 46.9 Å². The van der Waals surface area contributed by atoms with Gasteiger partial charge in [-0.15, -0.1) is 0 Å². The third-order valence-electron chi connectivity index (χ3n) is 2.39. The minimum absolute atomic E-state index is 0.117. The Balaban J connectivity index is 3.22. The fourth-order valence-electron chi connectivity index (χ4n) is 1.41. The third kappa shape index (κ3) is 1.98. The van der Waals surface area contributed by atoms with Crippen LogP contribution >= 0.6 is 0 Å². The third-order valence-corrected chi connectivity index (χ3v) is 2.39. The van der Waals surface area contributed by atoms with Crippen molar-refractivity contribution in [2.75, 3.05) is 0 Å². The van der Waals surface area contributed by atoms with Gasteiger partial charge in [0.05, 0.1) is 0 Å². The molecule has 0 amide bonds. The van der Waals surface area contributed by atoms with E-state index in [1.54, 1.807) is 0 Å². The van der Waals surface area contributed by atoms with Gasteiger partial charge in [-0.05, 0) is 30.9 Å². The highest BCUT2D eigenvalue weighted by molar-refractivity contribution is 5.33. The quantitative estimate of drug-likeness (QED) is 0.668. The second-order valence-corrected chi connectivity index (χ2v) is 4.98. The second kappa shape index (κ2) is 3.49. The van der Waals surface area contributed by atoms with Gasteiger partial charge in [-0.1, -0.05) is 20.8 Å². The summed E-state index contributed by atoms with van der Waals surface area (Å²) in [6.45, 7) is 10.7.